The van der Waals surface area contributed by atoms with Gasteiger partial charge in [-0.1, -0.05) is 0 Å². The number of ether oxygens (including phenoxy) is 1. The molecule has 0 radical (unpaired) electrons. The fraction of sp³-hybridized carbons (Fsp3) is 0.733. The number of aromatic amines is 1. The number of carbonyl (C=O) groups is 1. The van der Waals surface area contributed by atoms with Crippen LogP contribution < -0.4 is 0 Å². The van der Waals surface area contributed by atoms with Gasteiger partial charge in [0.2, 0.25) is 0 Å². The third-order valence-electron chi connectivity index (χ3n) is 5.06. The summed E-state index contributed by atoms with van der Waals surface area (Å²) in [6, 6.07) is 1.75. The van der Waals surface area contributed by atoms with Gasteiger partial charge >= 0.3 is 0 Å². The molecule has 1 amide bonds. The second-order valence-corrected chi connectivity index (χ2v) is 6.30. The Labute approximate surface area is 129 Å². The number of likely N-dealkylation sites (tertiary alicyclic amines) is 1. The van der Waals surface area contributed by atoms with Crippen LogP contribution in [0, 0.1) is 12.3 Å². The monoisotopic (exact) mass is 309 g/mol. The van der Waals surface area contributed by atoms with Crippen LogP contribution in [0.25, 0.3) is 0 Å². The Morgan fingerprint density at radius 1 is 1.55 bits per heavy atom. The predicted molar refractivity (Wildman–Crippen MR) is 78.3 cm³/mol. The maximum absolute atomic E-state index is 12.4. The Morgan fingerprint density at radius 3 is 2.82 bits per heavy atom. The molecule has 0 bridgehead atoms. The van der Waals surface area contributed by atoms with Crippen molar-refractivity contribution in [1.82, 2.24) is 15.1 Å². The molecule has 1 saturated heterocycles. The number of H-pyrrole nitrogens is 1. The Kier molecular flexibility index (Phi) is 4.20. The zero-order chi connectivity index (χ0) is 15.7. The molecule has 1 spiro atoms. The maximum atomic E-state index is 12.4. The number of aryl methyl sites for hydroxylation is 1. The van der Waals surface area contributed by atoms with E-state index in [4.69, 9.17) is 9.84 Å². The molecule has 2 unspecified atom stereocenters. The molecule has 2 heterocycles. The number of rotatable bonds is 4. The summed E-state index contributed by atoms with van der Waals surface area (Å²) < 4.78 is 5.64. The van der Waals surface area contributed by atoms with Gasteiger partial charge in [0.1, 0.15) is 5.69 Å². The van der Waals surface area contributed by atoms with Crippen LogP contribution in [-0.2, 0) is 4.74 Å². The Bertz CT molecular complexity index is 537. The molecule has 1 aromatic heterocycles. The quantitative estimate of drug-likeness (QED) is 0.732. The highest BCUT2D eigenvalue weighted by Gasteiger charge is 2.56. The molecule has 3 rings (SSSR count). The smallest absolute Gasteiger partial charge is 0.274 e. The summed E-state index contributed by atoms with van der Waals surface area (Å²) in [5, 5.41) is 25.9. The highest BCUT2D eigenvalue weighted by molar-refractivity contribution is 5.92. The Balaban J connectivity index is 1.61. The second kappa shape index (κ2) is 5.98. The van der Waals surface area contributed by atoms with Crippen molar-refractivity contribution in [2.45, 2.75) is 38.4 Å². The molecular weight excluding hydrogens is 286 g/mol. The molecule has 7 nitrogen and oxygen atoms in total. The van der Waals surface area contributed by atoms with Crippen LogP contribution in [0.15, 0.2) is 6.07 Å². The fourth-order valence-corrected chi connectivity index (χ4v) is 3.63. The average molecular weight is 309 g/mol. The summed E-state index contributed by atoms with van der Waals surface area (Å²) in [5.41, 5.74) is 1.05. The Morgan fingerprint density at radius 2 is 2.27 bits per heavy atom. The molecule has 2 aliphatic rings. The van der Waals surface area contributed by atoms with Crippen molar-refractivity contribution in [2.75, 3.05) is 26.3 Å². The maximum Gasteiger partial charge on any atom is 0.274 e. The summed E-state index contributed by atoms with van der Waals surface area (Å²) in [7, 11) is 0. The van der Waals surface area contributed by atoms with E-state index in [0.29, 0.717) is 31.8 Å². The first-order valence-corrected chi connectivity index (χ1v) is 7.78. The summed E-state index contributed by atoms with van der Waals surface area (Å²) in [6.07, 6.45) is 1.67. The van der Waals surface area contributed by atoms with Gasteiger partial charge in [-0.15, -0.1) is 0 Å². The van der Waals surface area contributed by atoms with E-state index in [1.54, 1.807) is 11.0 Å². The van der Waals surface area contributed by atoms with Crippen LogP contribution in [0.1, 0.15) is 35.4 Å². The molecular formula is C15H23N3O4. The lowest BCUT2D eigenvalue weighted by Gasteiger charge is -2.56. The van der Waals surface area contributed by atoms with Gasteiger partial charge in [-0.25, -0.2) is 0 Å². The molecule has 7 heteroatoms. The van der Waals surface area contributed by atoms with Crippen LogP contribution in [0.5, 0.6) is 0 Å². The van der Waals surface area contributed by atoms with Gasteiger partial charge in [-0.2, -0.15) is 5.10 Å². The lowest BCUT2D eigenvalue weighted by molar-refractivity contribution is -0.211. The van der Waals surface area contributed by atoms with E-state index in [9.17, 15) is 9.90 Å². The summed E-state index contributed by atoms with van der Waals surface area (Å²) in [5.74, 6) is -0.0687. The minimum atomic E-state index is -0.374. The van der Waals surface area contributed by atoms with Crippen molar-refractivity contribution in [3.05, 3.63) is 17.5 Å². The van der Waals surface area contributed by atoms with E-state index in [1.807, 2.05) is 6.92 Å². The molecule has 22 heavy (non-hydrogen) atoms. The van der Waals surface area contributed by atoms with Crippen molar-refractivity contribution >= 4 is 5.91 Å². The van der Waals surface area contributed by atoms with Crippen LogP contribution in [0.4, 0.5) is 0 Å². The average Bonchev–Trinajstić information content (AvgIpc) is 2.97. The third-order valence-corrected chi connectivity index (χ3v) is 5.06. The molecule has 1 saturated carbocycles. The SMILES string of the molecule is Cc1cc(C(=O)N2CCC3(CC2)C(O)CC3OCCO)n[nH]1. The molecule has 2 fully saturated rings. The molecule has 122 valence electrons. The number of carbonyl (C=O) groups excluding carboxylic acids is 1. The first kappa shape index (κ1) is 15.5. The van der Waals surface area contributed by atoms with Crippen LogP contribution >= 0.6 is 0 Å². The zero-order valence-electron chi connectivity index (χ0n) is 12.8. The predicted octanol–water partition coefficient (Wildman–Crippen LogP) is 0.0826. The van der Waals surface area contributed by atoms with Gasteiger partial charge in [-0.3, -0.25) is 9.89 Å². The second-order valence-electron chi connectivity index (χ2n) is 6.30. The Hall–Kier alpha value is -1.44. The molecule has 1 aromatic rings. The van der Waals surface area contributed by atoms with Crippen LogP contribution in [0.3, 0.4) is 0 Å². The molecule has 1 aliphatic carbocycles. The van der Waals surface area contributed by atoms with Gasteiger partial charge < -0.3 is 19.8 Å². The zero-order valence-corrected chi connectivity index (χ0v) is 12.8. The van der Waals surface area contributed by atoms with Crippen molar-refractivity contribution in [2.24, 2.45) is 5.41 Å². The minimum absolute atomic E-state index is 0.00814. The number of aromatic nitrogens is 2. The summed E-state index contributed by atoms with van der Waals surface area (Å²) >= 11 is 0. The van der Waals surface area contributed by atoms with E-state index < -0.39 is 0 Å². The fourth-order valence-electron chi connectivity index (χ4n) is 3.63. The molecule has 0 aromatic carbocycles. The van der Waals surface area contributed by atoms with Gasteiger partial charge in [0, 0.05) is 30.6 Å². The van der Waals surface area contributed by atoms with Gasteiger partial charge in [0.25, 0.3) is 5.91 Å². The first-order chi connectivity index (χ1) is 10.6. The number of nitrogens with zero attached hydrogens (tertiary/aromatic N) is 2. The van der Waals surface area contributed by atoms with E-state index in [0.717, 1.165) is 18.5 Å². The van der Waals surface area contributed by atoms with Gasteiger partial charge in [0.05, 0.1) is 25.4 Å². The lowest BCUT2D eigenvalue weighted by Crippen LogP contribution is -2.62. The van der Waals surface area contributed by atoms with Gasteiger partial charge in [0.15, 0.2) is 0 Å². The topological polar surface area (TPSA) is 98.7 Å². The van der Waals surface area contributed by atoms with Crippen molar-refractivity contribution < 1.29 is 19.7 Å². The normalized spacial score (nSPS) is 27.0. The van der Waals surface area contributed by atoms with Crippen molar-refractivity contribution in [3.63, 3.8) is 0 Å². The third kappa shape index (κ3) is 2.53. The van der Waals surface area contributed by atoms with Gasteiger partial charge in [-0.05, 0) is 25.8 Å². The number of aliphatic hydroxyl groups excluding tert-OH is 2. The molecule has 2 atom stereocenters. The number of hydrogen-bond donors (Lipinski definition) is 3. The number of aliphatic hydroxyl groups is 2. The highest BCUT2D eigenvalue weighted by Crippen LogP contribution is 2.51. The standard InChI is InChI=1S/C15H23N3O4/c1-10-8-11(17-16-10)14(21)18-4-2-15(3-5-18)12(20)9-13(15)22-7-6-19/h8,12-13,19-20H,2-7,9H2,1H3,(H,16,17). The minimum Gasteiger partial charge on any atom is -0.394 e. The first-order valence-electron chi connectivity index (χ1n) is 7.78. The molecule has 3 N–H and O–H groups in total. The largest absolute Gasteiger partial charge is 0.394 e. The van der Waals surface area contributed by atoms with Crippen molar-refractivity contribution in [3.8, 4) is 0 Å². The summed E-state index contributed by atoms with van der Waals surface area (Å²) in [4.78, 5) is 14.2. The van der Waals surface area contributed by atoms with E-state index in [2.05, 4.69) is 10.2 Å². The number of hydrogen-bond acceptors (Lipinski definition) is 5. The van der Waals surface area contributed by atoms with E-state index in [1.165, 1.54) is 0 Å². The summed E-state index contributed by atoms with van der Waals surface area (Å²) in [6.45, 7) is 3.35. The van der Waals surface area contributed by atoms with Crippen LogP contribution in [-0.4, -0.2) is 69.7 Å². The number of amides is 1. The van der Waals surface area contributed by atoms with Crippen LogP contribution in [0.2, 0.25) is 0 Å². The van der Waals surface area contributed by atoms with E-state index in [-0.39, 0.29) is 30.1 Å². The number of piperidine rings is 1. The molecule has 1 aliphatic heterocycles. The lowest BCUT2D eigenvalue weighted by atomic mass is 9.58. The van der Waals surface area contributed by atoms with Crippen molar-refractivity contribution in [1.29, 1.82) is 0 Å². The highest BCUT2D eigenvalue weighted by atomic mass is 16.5. The van der Waals surface area contributed by atoms with E-state index >= 15 is 0 Å². The number of nitrogens with one attached hydrogen (secondary N) is 1.